The molecule has 0 spiro atoms. The molecule has 0 aliphatic heterocycles. The van der Waals surface area contributed by atoms with Crippen LogP contribution in [-0.4, -0.2) is 22.2 Å². The zero-order valence-electron chi connectivity index (χ0n) is 11.1. The summed E-state index contributed by atoms with van der Waals surface area (Å²) in [6.45, 7) is 7.75. The molecule has 1 aromatic rings. The van der Waals surface area contributed by atoms with Gasteiger partial charge in [-0.25, -0.2) is 0 Å². The van der Waals surface area contributed by atoms with E-state index in [4.69, 9.17) is 0 Å². The Morgan fingerprint density at radius 1 is 1.41 bits per heavy atom. The second kappa shape index (κ2) is 7.09. The molecule has 1 amide bonds. The molecule has 0 atom stereocenters. The SMILES string of the molecule is CCCCC(=O)NCCCn1nc(C)cc1C. The molecule has 0 unspecified atom stereocenters. The number of hydrogen-bond acceptors (Lipinski definition) is 2. The molecule has 1 N–H and O–H groups in total. The molecule has 0 aliphatic carbocycles. The number of carbonyl (C=O) groups is 1. The second-order valence-electron chi connectivity index (χ2n) is 4.46. The van der Waals surface area contributed by atoms with Crippen LogP contribution in [0, 0.1) is 13.8 Å². The standard InChI is InChI=1S/C13H23N3O/c1-4-5-7-13(17)14-8-6-9-16-12(3)10-11(2)15-16/h10H,4-9H2,1-3H3,(H,14,17). The maximum absolute atomic E-state index is 11.4. The van der Waals surface area contributed by atoms with Gasteiger partial charge in [0.25, 0.3) is 0 Å². The zero-order chi connectivity index (χ0) is 12.7. The van der Waals surface area contributed by atoms with E-state index in [0.29, 0.717) is 6.42 Å². The van der Waals surface area contributed by atoms with Crippen LogP contribution in [0.4, 0.5) is 0 Å². The van der Waals surface area contributed by atoms with Crippen LogP contribution in [0.5, 0.6) is 0 Å². The molecule has 0 saturated carbocycles. The van der Waals surface area contributed by atoms with Gasteiger partial charge in [-0.15, -0.1) is 0 Å². The van der Waals surface area contributed by atoms with E-state index in [9.17, 15) is 4.79 Å². The van der Waals surface area contributed by atoms with E-state index < -0.39 is 0 Å². The Morgan fingerprint density at radius 2 is 2.18 bits per heavy atom. The number of nitrogens with zero attached hydrogens (tertiary/aromatic N) is 2. The van der Waals surface area contributed by atoms with Gasteiger partial charge < -0.3 is 5.32 Å². The van der Waals surface area contributed by atoms with Crippen LogP contribution >= 0.6 is 0 Å². The Hall–Kier alpha value is -1.32. The number of aromatic nitrogens is 2. The summed E-state index contributed by atoms with van der Waals surface area (Å²) in [6.07, 6.45) is 3.62. The minimum absolute atomic E-state index is 0.167. The number of amides is 1. The van der Waals surface area contributed by atoms with E-state index in [2.05, 4.69) is 30.3 Å². The molecule has 0 radical (unpaired) electrons. The van der Waals surface area contributed by atoms with Crippen molar-refractivity contribution in [2.75, 3.05) is 6.54 Å². The average molecular weight is 237 g/mol. The molecule has 17 heavy (non-hydrogen) atoms. The summed E-state index contributed by atoms with van der Waals surface area (Å²) >= 11 is 0. The van der Waals surface area contributed by atoms with Crippen molar-refractivity contribution in [1.29, 1.82) is 0 Å². The van der Waals surface area contributed by atoms with E-state index in [0.717, 1.165) is 38.0 Å². The van der Waals surface area contributed by atoms with E-state index in [-0.39, 0.29) is 5.91 Å². The fourth-order valence-electron chi connectivity index (χ4n) is 1.78. The molecule has 1 rings (SSSR count). The zero-order valence-corrected chi connectivity index (χ0v) is 11.1. The van der Waals surface area contributed by atoms with Crippen LogP contribution in [0.15, 0.2) is 6.07 Å². The summed E-state index contributed by atoms with van der Waals surface area (Å²) in [4.78, 5) is 11.4. The largest absolute Gasteiger partial charge is 0.356 e. The van der Waals surface area contributed by atoms with Gasteiger partial charge in [0.1, 0.15) is 0 Å². The number of rotatable bonds is 7. The molecule has 0 fully saturated rings. The molecule has 4 heteroatoms. The van der Waals surface area contributed by atoms with Gasteiger partial charge in [-0.05, 0) is 32.8 Å². The first-order valence-corrected chi connectivity index (χ1v) is 6.41. The van der Waals surface area contributed by atoms with Crippen LogP contribution in [0.1, 0.15) is 44.0 Å². The van der Waals surface area contributed by atoms with Gasteiger partial charge in [-0.2, -0.15) is 5.10 Å². The lowest BCUT2D eigenvalue weighted by Gasteiger charge is -2.06. The average Bonchev–Trinajstić information content (AvgIpc) is 2.60. The molecule has 0 aromatic carbocycles. The fourth-order valence-corrected chi connectivity index (χ4v) is 1.78. The van der Waals surface area contributed by atoms with Gasteiger partial charge in [-0.1, -0.05) is 13.3 Å². The first-order chi connectivity index (χ1) is 8.13. The van der Waals surface area contributed by atoms with Crippen LogP contribution in [-0.2, 0) is 11.3 Å². The quantitative estimate of drug-likeness (QED) is 0.739. The Balaban J connectivity index is 2.16. The first-order valence-electron chi connectivity index (χ1n) is 6.41. The third-order valence-corrected chi connectivity index (χ3v) is 2.73. The predicted octanol–water partition coefficient (Wildman–Crippen LogP) is 2.20. The molecular weight excluding hydrogens is 214 g/mol. The van der Waals surface area contributed by atoms with Crippen molar-refractivity contribution >= 4 is 5.91 Å². The molecule has 96 valence electrons. The van der Waals surface area contributed by atoms with Crippen molar-refractivity contribution in [1.82, 2.24) is 15.1 Å². The van der Waals surface area contributed by atoms with Gasteiger partial charge in [0, 0.05) is 25.2 Å². The maximum atomic E-state index is 11.4. The first kappa shape index (κ1) is 13.7. The topological polar surface area (TPSA) is 46.9 Å². The lowest BCUT2D eigenvalue weighted by atomic mass is 10.2. The van der Waals surface area contributed by atoms with Crippen molar-refractivity contribution in [2.24, 2.45) is 0 Å². The van der Waals surface area contributed by atoms with Crippen molar-refractivity contribution in [2.45, 2.75) is 53.0 Å². The molecule has 1 aromatic heterocycles. The molecule has 4 nitrogen and oxygen atoms in total. The van der Waals surface area contributed by atoms with E-state index in [1.807, 2.05) is 11.6 Å². The van der Waals surface area contributed by atoms with Crippen molar-refractivity contribution in [3.05, 3.63) is 17.5 Å². The van der Waals surface area contributed by atoms with Crippen LogP contribution in [0.2, 0.25) is 0 Å². The Morgan fingerprint density at radius 3 is 2.76 bits per heavy atom. The summed E-state index contributed by atoms with van der Waals surface area (Å²) in [5, 5.41) is 7.31. The summed E-state index contributed by atoms with van der Waals surface area (Å²) < 4.78 is 1.99. The molecule has 1 heterocycles. The van der Waals surface area contributed by atoms with Gasteiger partial charge >= 0.3 is 0 Å². The third-order valence-electron chi connectivity index (χ3n) is 2.73. The van der Waals surface area contributed by atoms with Crippen molar-refractivity contribution in [3.8, 4) is 0 Å². The number of hydrogen-bond donors (Lipinski definition) is 1. The van der Waals surface area contributed by atoms with Crippen LogP contribution in [0.25, 0.3) is 0 Å². The fraction of sp³-hybridized carbons (Fsp3) is 0.692. The molecule has 0 bridgehead atoms. The minimum atomic E-state index is 0.167. The number of aryl methyl sites for hydroxylation is 3. The second-order valence-corrected chi connectivity index (χ2v) is 4.46. The highest BCUT2D eigenvalue weighted by atomic mass is 16.1. The van der Waals surface area contributed by atoms with E-state index in [1.54, 1.807) is 0 Å². The minimum Gasteiger partial charge on any atom is -0.356 e. The molecular formula is C13H23N3O. The highest BCUT2D eigenvalue weighted by molar-refractivity contribution is 5.75. The summed E-state index contributed by atoms with van der Waals surface area (Å²) in [5.41, 5.74) is 2.23. The lowest BCUT2D eigenvalue weighted by Crippen LogP contribution is -2.25. The van der Waals surface area contributed by atoms with Crippen LogP contribution in [0.3, 0.4) is 0 Å². The number of carbonyl (C=O) groups excluding carboxylic acids is 1. The monoisotopic (exact) mass is 237 g/mol. The van der Waals surface area contributed by atoms with Crippen molar-refractivity contribution < 1.29 is 4.79 Å². The van der Waals surface area contributed by atoms with Crippen molar-refractivity contribution in [3.63, 3.8) is 0 Å². The molecule has 0 aliphatic rings. The smallest absolute Gasteiger partial charge is 0.219 e. The van der Waals surface area contributed by atoms with E-state index in [1.165, 1.54) is 5.69 Å². The Bertz CT molecular complexity index is 358. The normalized spacial score (nSPS) is 10.5. The lowest BCUT2D eigenvalue weighted by molar-refractivity contribution is -0.121. The van der Waals surface area contributed by atoms with Gasteiger partial charge in [0.2, 0.25) is 5.91 Å². The highest BCUT2D eigenvalue weighted by Crippen LogP contribution is 2.02. The van der Waals surface area contributed by atoms with Gasteiger partial charge in [-0.3, -0.25) is 9.48 Å². The number of unbranched alkanes of at least 4 members (excludes halogenated alkanes) is 1. The summed E-state index contributed by atoms with van der Waals surface area (Å²) in [5.74, 6) is 0.167. The third kappa shape index (κ3) is 5.02. The maximum Gasteiger partial charge on any atom is 0.219 e. The Kier molecular flexibility index (Phi) is 5.73. The number of nitrogens with one attached hydrogen (secondary N) is 1. The van der Waals surface area contributed by atoms with Crippen LogP contribution < -0.4 is 5.32 Å². The van der Waals surface area contributed by atoms with Gasteiger partial charge in [0.05, 0.1) is 5.69 Å². The van der Waals surface area contributed by atoms with E-state index >= 15 is 0 Å². The summed E-state index contributed by atoms with van der Waals surface area (Å²) in [6, 6.07) is 2.07. The Labute approximate surface area is 103 Å². The summed E-state index contributed by atoms with van der Waals surface area (Å²) in [7, 11) is 0. The predicted molar refractivity (Wildman–Crippen MR) is 68.9 cm³/mol. The van der Waals surface area contributed by atoms with Gasteiger partial charge in [0.15, 0.2) is 0 Å². The molecule has 0 saturated heterocycles. The highest BCUT2D eigenvalue weighted by Gasteiger charge is 2.01.